The van der Waals surface area contributed by atoms with E-state index in [9.17, 15) is 9.59 Å². The summed E-state index contributed by atoms with van der Waals surface area (Å²) >= 11 is 0. The van der Waals surface area contributed by atoms with Gasteiger partial charge in [-0.05, 0) is 32.9 Å². The minimum atomic E-state index is -0.471. The SMILES string of the molecule is CC1CCCN(C(=O)C(=O)NCCN(C)C)C1. The Bertz CT molecular complexity index is 279. The van der Waals surface area contributed by atoms with Crippen LogP contribution < -0.4 is 5.32 Å². The molecular weight excluding hydrogens is 218 g/mol. The van der Waals surface area contributed by atoms with Gasteiger partial charge in [0, 0.05) is 26.2 Å². The molecule has 0 radical (unpaired) electrons. The van der Waals surface area contributed by atoms with Crippen molar-refractivity contribution in [3.8, 4) is 0 Å². The van der Waals surface area contributed by atoms with Crippen LogP contribution in [-0.2, 0) is 9.59 Å². The summed E-state index contributed by atoms with van der Waals surface area (Å²) in [5, 5.41) is 2.65. The van der Waals surface area contributed by atoms with E-state index in [0.29, 0.717) is 25.6 Å². The van der Waals surface area contributed by atoms with Gasteiger partial charge in [-0.2, -0.15) is 0 Å². The second-order valence-corrected chi connectivity index (χ2v) is 5.06. The van der Waals surface area contributed by atoms with Gasteiger partial charge in [0.1, 0.15) is 0 Å². The van der Waals surface area contributed by atoms with Gasteiger partial charge in [0.15, 0.2) is 0 Å². The molecule has 0 aromatic rings. The summed E-state index contributed by atoms with van der Waals surface area (Å²) < 4.78 is 0. The van der Waals surface area contributed by atoms with Gasteiger partial charge in [0.05, 0.1) is 0 Å². The standard InChI is InChI=1S/C12H23N3O2/c1-10-5-4-7-15(9-10)12(17)11(16)13-6-8-14(2)3/h10H,4-9H2,1-3H3,(H,13,16). The largest absolute Gasteiger partial charge is 0.347 e. The van der Waals surface area contributed by atoms with Gasteiger partial charge in [0.2, 0.25) is 0 Å². The zero-order valence-corrected chi connectivity index (χ0v) is 11.0. The Morgan fingerprint density at radius 3 is 2.71 bits per heavy atom. The molecule has 0 bridgehead atoms. The fourth-order valence-electron chi connectivity index (χ4n) is 1.99. The quantitative estimate of drug-likeness (QED) is 0.703. The van der Waals surface area contributed by atoms with Crippen LogP contribution in [0, 0.1) is 5.92 Å². The van der Waals surface area contributed by atoms with Crippen LogP contribution in [0.5, 0.6) is 0 Å². The molecule has 1 rings (SSSR count). The van der Waals surface area contributed by atoms with E-state index in [0.717, 1.165) is 19.4 Å². The number of amides is 2. The highest BCUT2D eigenvalue weighted by molar-refractivity contribution is 6.35. The van der Waals surface area contributed by atoms with Crippen LogP contribution in [0.2, 0.25) is 0 Å². The van der Waals surface area contributed by atoms with Crippen molar-refractivity contribution in [1.29, 1.82) is 0 Å². The Morgan fingerprint density at radius 2 is 2.12 bits per heavy atom. The Morgan fingerprint density at radius 1 is 1.41 bits per heavy atom. The van der Waals surface area contributed by atoms with Crippen LogP contribution in [0.3, 0.4) is 0 Å². The molecule has 2 amide bonds. The van der Waals surface area contributed by atoms with Crippen molar-refractivity contribution < 1.29 is 9.59 Å². The Balaban J connectivity index is 2.33. The van der Waals surface area contributed by atoms with Gasteiger partial charge in [-0.25, -0.2) is 0 Å². The lowest BCUT2D eigenvalue weighted by molar-refractivity contribution is -0.146. The highest BCUT2D eigenvalue weighted by atomic mass is 16.2. The average molecular weight is 241 g/mol. The van der Waals surface area contributed by atoms with Gasteiger partial charge < -0.3 is 15.1 Å². The van der Waals surface area contributed by atoms with Crippen molar-refractivity contribution in [2.45, 2.75) is 19.8 Å². The summed E-state index contributed by atoms with van der Waals surface area (Å²) in [6.45, 7) is 4.80. The smallest absolute Gasteiger partial charge is 0.311 e. The molecule has 0 aliphatic carbocycles. The third-order valence-electron chi connectivity index (χ3n) is 2.98. The van der Waals surface area contributed by atoms with Gasteiger partial charge >= 0.3 is 11.8 Å². The van der Waals surface area contributed by atoms with Gasteiger partial charge in [-0.15, -0.1) is 0 Å². The number of rotatable bonds is 3. The highest BCUT2D eigenvalue weighted by Crippen LogP contribution is 2.15. The fourth-order valence-corrected chi connectivity index (χ4v) is 1.99. The summed E-state index contributed by atoms with van der Waals surface area (Å²) in [5.74, 6) is -0.349. The van der Waals surface area contributed by atoms with Gasteiger partial charge in [-0.3, -0.25) is 9.59 Å². The maximum atomic E-state index is 11.8. The first kappa shape index (κ1) is 14.0. The molecule has 17 heavy (non-hydrogen) atoms. The molecule has 1 unspecified atom stereocenters. The summed E-state index contributed by atoms with van der Waals surface area (Å²) in [6.07, 6.45) is 2.14. The Hall–Kier alpha value is -1.10. The number of hydrogen-bond acceptors (Lipinski definition) is 3. The summed E-state index contributed by atoms with van der Waals surface area (Å²) in [6, 6.07) is 0. The number of hydrogen-bond donors (Lipinski definition) is 1. The van der Waals surface area contributed by atoms with E-state index in [1.807, 2.05) is 19.0 Å². The van der Waals surface area contributed by atoms with E-state index in [1.165, 1.54) is 0 Å². The van der Waals surface area contributed by atoms with Crippen molar-refractivity contribution in [2.24, 2.45) is 5.92 Å². The molecule has 0 aromatic carbocycles. The van der Waals surface area contributed by atoms with Crippen molar-refractivity contribution in [3.63, 3.8) is 0 Å². The summed E-state index contributed by atoms with van der Waals surface area (Å²) in [7, 11) is 3.86. The van der Waals surface area contributed by atoms with Crippen LogP contribution in [0.4, 0.5) is 0 Å². The molecule has 1 aliphatic heterocycles. The van der Waals surface area contributed by atoms with Crippen LogP contribution in [0.15, 0.2) is 0 Å². The van der Waals surface area contributed by atoms with Crippen LogP contribution in [0.1, 0.15) is 19.8 Å². The van der Waals surface area contributed by atoms with Crippen LogP contribution in [0.25, 0.3) is 0 Å². The third-order valence-corrected chi connectivity index (χ3v) is 2.98. The second-order valence-electron chi connectivity index (χ2n) is 5.06. The minimum Gasteiger partial charge on any atom is -0.347 e. The van der Waals surface area contributed by atoms with E-state index < -0.39 is 5.91 Å². The van der Waals surface area contributed by atoms with E-state index >= 15 is 0 Å². The van der Waals surface area contributed by atoms with E-state index in [2.05, 4.69) is 12.2 Å². The Kier molecular flexibility index (Phi) is 5.41. The molecule has 0 aromatic heterocycles. The lowest BCUT2D eigenvalue weighted by Gasteiger charge is -2.30. The molecule has 1 heterocycles. The number of likely N-dealkylation sites (N-methyl/N-ethyl adjacent to an activating group) is 1. The molecular formula is C12H23N3O2. The van der Waals surface area contributed by atoms with Crippen molar-refractivity contribution >= 4 is 11.8 Å². The maximum Gasteiger partial charge on any atom is 0.311 e. The minimum absolute atomic E-state index is 0.379. The number of likely N-dealkylation sites (tertiary alicyclic amines) is 1. The predicted octanol–water partition coefficient (Wildman–Crippen LogP) is -0.0773. The molecule has 98 valence electrons. The molecule has 1 fully saturated rings. The van der Waals surface area contributed by atoms with Gasteiger partial charge in [-0.1, -0.05) is 6.92 Å². The van der Waals surface area contributed by atoms with Crippen LogP contribution >= 0.6 is 0 Å². The average Bonchev–Trinajstić information content (AvgIpc) is 2.27. The molecule has 1 aliphatic rings. The zero-order chi connectivity index (χ0) is 12.8. The number of carbonyl (C=O) groups is 2. The molecule has 0 saturated carbocycles. The molecule has 0 spiro atoms. The summed E-state index contributed by atoms with van der Waals surface area (Å²) in [4.78, 5) is 27.1. The summed E-state index contributed by atoms with van der Waals surface area (Å²) in [5.41, 5.74) is 0. The second kappa shape index (κ2) is 6.59. The number of nitrogens with one attached hydrogen (secondary N) is 1. The lowest BCUT2D eigenvalue weighted by atomic mass is 10.0. The highest BCUT2D eigenvalue weighted by Gasteiger charge is 2.25. The van der Waals surface area contributed by atoms with Crippen LogP contribution in [-0.4, -0.2) is 61.9 Å². The van der Waals surface area contributed by atoms with E-state index in [4.69, 9.17) is 0 Å². The molecule has 1 saturated heterocycles. The van der Waals surface area contributed by atoms with Crippen molar-refractivity contribution in [1.82, 2.24) is 15.1 Å². The van der Waals surface area contributed by atoms with Gasteiger partial charge in [0.25, 0.3) is 0 Å². The Labute approximate surface area is 103 Å². The maximum absolute atomic E-state index is 11.8. The predicted molar refractivity (Wildman–Crippen MR) is 66.5 cm³/mol. The first-order valence-electron chi connectivity index (χ1n) is 6.22. The molecule has 5 heteroatoms. The van der Waals surface area contributed by atoms with E-state index in [-0.39, 0.29) is 5.91 Å². The van der Waals surface area contributed by atoms with E-state index in [1.54, 1.807) is 4.90 Å². The molecule has 1 atom stereocenters. The van der Waals surface area contributed by atoms with Crippen molar-refractivity contribution in [3.05, 3.63) is 0 Å². The topological polar surface area (TPSA) is 52.7 Å². The third kappa shape index (κ3) is 4.73. The first-order chi connectivity index (χ1) is 8.00. The molecule has 1 N–H and O–H groups in total. The number of carbonyl (C=O) groups excluding carboxylic acids is 2. The number of piperidine rings is 1. The fraction of sp³-hybridized carbons (Fsp3) is 0.833. The molecule has 5 nitrogen and oxygen atoms in total. The lowest BCUT2D eigenvalue weighted by Crippen LogP contribution is -2.47. The van der Waals surface area contributed by atoms with Crippen molar-refractivity contribution in [2.75, 3.05) is 40.3 Å². The normalized spacial score (nSPS) is 20.5. The first-order valence-corrected chi connectivity index (χ1v) is 6.22. The number of nitrogens with zero attached hydrogens (tertiary/aromatic N) is 2. The zero-order valence-electron chi connectivity index (χ0n) is 11.0. The monoisotopic (exact) mass is 241 g/mol.